The van der Waals surface area contributed by atoms with Gasteiger partial charge < -0.3 is 0 Å². The zero-order chi connectivity index (χ0) is 17.6. The van der Waals surface area contributed by atoms with Gasteiger partial charge >= 0.3 is 0 Å². The van der Waals surface area contributed by atoms with Crippen LogP contribution in [0.4, 0.5) is 0 Å². The van der Waals surface area contributed by atoms with Gasteiger partial charge in [-0.3, -0.25) is 0 Å². The maximum absolute atomic E-state index is 2.63. The lowest BCUT2D eigenvalue weighted by atomic mass is 10.0. The third-order valence-corrected chi connectivity index (χ3v) is 13.5. The first-order valence-electron chi connectivity index (χ1n) is 9.04. The van der Waals surface area contributed by atoms with E-state index in [1.54, 1.807) is 10.8 Å². The fourth-order valence-corrected chi connectivity index (χ4v) is 10.2. The van der Waals surface area contributed by atoms with Gasteiger partial charge in [0.2, 0.25) is 0 Å². The normalized spacial score (nSPS) is 25.3. The Hall–Kier alpha value is -1.08. The summed E-state index contributed by atoms with van der Waals surface area (Å²) in [4.78, 5) is 0. The molecule has 23 heavy (non-hydrogen) atoms. The van der Waals surface area contributed by atoms with Gasteiger partial charge in [0.15, 0.2) is 0 Å². The molecule has 1 aromatic rings. The van der Waals surface area contributed by atoms with Crippen molar-refractivity contribution in [3.63, 3.8) is 0 Å². The predicted molar refractivity (Wildman–Crippen MR) is 107 cm³/mol. The maximum Gasteiger partial charge on any atom is 0.100 e. The third kappa shape index (κ3) is 2.67. The van der Waals surface area contributed by atoms with Gasteiger partial charge in [0, 0.05) is 5.04 Å². The molecule has 0 radical (unpaired) electrons. The van der Waals surface area contributed by atoms with Crippen LogP contribution in [0.25, 0.3) is 0 Å². The molecule has 0 aromatic heterocycles. The van der Waals surface area contributed by atoms with Crippen molar-refractivity contribution >= 4 is 13.3 Å². The van der Waals surface area contributed by atoms with Crippen molar-refractivity contribution in [2.75, 3.05) is 0 Å². The Morgan fingerprint density at radius 1 is 1.00 bits per heavy atom. The van der Waals surface area contributed by atoms with Gasteiger partial charge in [0.1, 0.15) is 8.07 Å². The zero-order valence-corrected chi connectivity index (χ0v) is 17.6. The number of aryl methyl sites for hydroxylation is 2. The fraction of sp³-hybridized carbons (Fsp3) is 0.545. The summed E-state index contributed by atoms with van der Waals surface area (Å²) in [5.41, 5.74) is 8.16. The van der Waals surface area contributed by atoms with E-state index >= 15 is 0 Å². The minimum Gasteiger partial charge on any atom is -0.0737 e. The first kappa shape index (κ1) is 18.3. The Balaban J connectivity index is 2.76. The highest BCUT2D eigenvalue weighted by atomic mass is 28.3. The van der Waals surface area contributed by atoms with Crippen LogP contribution in [0.15, 0.2) is 41.0 Å². The lowest BCUT2D eigenvalue weighted by Crippen LogP contribution is -2.57. The van der Waals surface area contributed by atoms with Crippen LogP contribution in [0.3, 0.4) is 0 Å². The van der Waals surface area contributed by atoms with Crippen LogP contribution in [0, 0.1) is 13.8 Å². The smallest absolute Gasteiger partial charge is 0.0737 e. The summed E-state index contributed by atoms with van der Waals surface area (Å²) in [6.45, 7) is 21.4. The maximum atomic E-state index is 2.63. The molecular formula is C22H34Si. The minimum atomic E-state index is -1.76. The van der Waals surface area contributed by atoms with E-state index in [-0.39, 0.29) is 5.04 Å². The van der Waals surface area contributed by atoms with Crippen molar-refractivity contribution in [2.45, 2.75) is 78.9 Å². The molecule has 3 atom stereocenters. The summed E-state index contributed by atoms with van der Waals surface area (Å²) < 4.78 is 0. The molecule has 126 valence electrons. The fourth-order valence-electron chi connectivity index (χ4n) is 4.65. The van der Waals surface area contributed by atoms with E-state index in [1.165, 1.54) is 28.7 Å². The topological polar surface area (TPSA) is 0 Å². The second-order valence-corrected chi connectivity index (χ2v) is 13.2. The van der Waals surface area contributed by atoms with E-state index in [4.69, 9.17) is 0 Å². The molecule has 1 aromatic carbocycles. The highest BCUT2D eigenvalue weighted by Gasteiger charge is 2.52. The second kappa shape index (κ2) is 6.09. The van der Waals surface area contributed by atoms with Gasteiger partial charge in [-0.1, -0.05) is 85.5 Å². The van der Waals surface area contributed by atoms with Gasteiger partial charge in [-0.25, -0.2) is 0 Å². The number of hydrogen-bond donors (Lipinski definition) is 0. The van der Waals surface area contributed by atoms with Crippen molar-refractivity contribution in [1.82, 2.24) is 0 Å². The van der Waals surface area contributed by atoms with E-state index in [9.17, 15) is 0 Å². The van der Waals surface area contributed by atoms with Gasteiger partial charge in [-0.2, -0.15) is 0 Å². The largest absolute Gasteiger partial charge is 0.100 e. The summed E-state index contributed by atoms with van der Waals surface area (Å²) in [6, 6.07) is 7.25. The van der Waals surface area contributed by atoms with Crippen LogP contribution < -0.4 is 5.19 Å². The van der Waals surface area contributed by atoms with Crippen molar-refractivity contribution < 1.29 is 0 Å². The van der Waals surface area contributed by atoms with Gasteiger partial charge in [0.25, 0.3) is 0 Å². The first-order valence-corrected chi connectivity index (χ1v) is 11.6. The average molecular weight is 327 g/mol. The number of hydrogen-bond acceptors (Lipinski definition) is 0. The van der Waals surface area contributed by atoms with Crippen LogP contribution in [0.1, 0.15) is 59.1 Å². The summed E-state index contributed by atoms with van der Waals surface area (Å²) in [7, 11) is -1.76. The van der Waals surface area contributed by atoms with Gasteiger partial charge in [-0.15, -0.1) is 0 Å². The number of benzene rings is 1. The Morgan fingerprint density at radius 3 is 1.91 bits per heavy atom. The Bertz CT molecular complexity index is 659. The van der Waals surface area contributed by atoms with E-state index in [2.05, 4.69) is 86.2 Å². The molecule has 2 rings (SSSR count). The molecule has 0 N–H and O–H groups in total. The molecule has 0 saturated carbocycles. The van der Waals surface area contributed by atoms with Crippen molar-refractivity contribution in [3.05, 3.63) is 52.1 Å². The molecule has 0 heterocycles. The number of rotatable bonds is 4. The second-order valence-electron chi connectivity index (χ2n) is 8.17. The minimum absolute atomic E-state index is 0.219. The SMILES string of the molecule is CCC(C)[Si](C)(c1cc(C)cc(C)c1)C1(C)C=C(C)C(C)=C1C. The van der Waals surface area contributed by atoms with E-state index < -0.39 is 8.07 Å². The van der Waals surface area contributed by atoms with Crippen LogP contribution in [-0.2, 0) is 0 Å². The molecule has 1 aliphatic carbocycles. The lowest BCUT2D eigenvalue weighted by Gasteiger charge is -2.47. The predicted octanol–water partition coefficient (Wildman–Crippen LogP) is 6.45. The third-order valence-electron chi connectivity index (χ3n) is 6.94. The molecule has 0 fully saturated rings. The summed E-state index contributed by atoms with van der Waals surface area (Å²) in [6.07, 6.45) is 3.85. The summed E-state index contributed by atoms with van der Waals surface area (Å²) >= 11 is 0. The molecule has 0 amide bonds. The van der Waals surface area contributed by atoms with Crippen LogP contribution >= 0.6 is 0 Å². The van der Waals surface area contributed by atoms with E-state index in [1.807, 2.05) is 0 Å². The zero-order valence-electron chi connectivity index (χ0n) is 16.6. The summed E-state index contributed by atoms with van der Waals surface area (Å²) in [5, 5.41) is 1.85. The Labute approximate surface area is 144 Å². The summed E-state index contributed by atoms with van der Waals surface area (Å²) in [5.74, 6) is 0. The van der Waals surface area contributed by atoms with Crippen molar-refractivity contribution in [3.8, 4) is 0 Å². The van der Waals surface area contributed by atoms with Crippen molar-refractivity contribution in [1.29, 1.82) is 0 Å². The molecule has 1 aliphatic rings. The molecule has 0 nitrogen and oxygen atoms in total. The molecule has 0 spiro atoms. The molecule has 3 unspecified atom stereocenters. The average Bonchev–Trinajstić information content (AvgIpc) is 2.69. The molecular weight excluding hydrogens is 292 g/mol. The number of allylic oxidation sites excluding steroid dienone is 4. The monoisotopic (exact) mass is 326 g/mol. The van der Waals surface area contributed by atoms with Crippen LogP contribution in [0.5, 0.6) is 0 Å². The van der Waals surface area contributed by atoms with Gasteiger partial charge in [-0.05, 0) is 45.7 Å². The highest BCUT2D eigenvalue weighted by Crippen LogP contribution is 2.56. The Morgan fingerprint density at radius 2 is 1.52 bits per heavy atom. The first-order chi connectivity index (χ1) is 10.6. The lowest BCUT2D eigenvalue weighted by molar-refractivity contribution is 0.762. The van der Waals surface area contributed by atoms with Crippen LogP contribution in [0.2, 0.25) is 17.1 Å². The van der Waals surface area contributed by atoms with Crippen LogP contribution in [-0.4, -0.2) is 8.07 Å². The molecule has 1 heteroatoms. The molecule has 0 aliphatic heterocycles. The van der Waals surface area contributed by atoms with Crippen molar-refractivity contribution in [2.24, 2.45) is 0 Å². The Kier molecular flexibility index (Phi) is 4.83. The van der Waals surface area contributed by atoms with Gasteiger partial charge in [0.05, 0.1) is 0 Å². The van der Waals surface area contributed by atoms with E-state index in [0.717, 1.165) is 5.54 Å². The standard InChI is InChI=1S/C22H34Si/c1-10-18(5)23(9,21-12-15(2)11-16(3)13-21)22(8)14-17(4)19(6)20(22)7/h11-14,18H,10H2,1-9H3. The van der Waals surface area contributed by atoms with E-state index in [0.29, 0.717) is 0 Å². The molecule has 0 bridgehead atoms. The highest BCUT2D eigenvalue weighted by molar-refractivity contribution is 6.95. The molecule has 0 saturated heterocycles. The quantitative estimate of drug-likeness (QED) is 0.558.